The molecule has 4 aliphatic heterocycles. The first-order valence-electron chi connectivity index (χ1n) is 14.8. The number of nitriles is 1. The number of piperazine rings is 1. The van der Waals surface area contributed by atoms with E-state index >= 15 is 0 Å². The summed E-state index contributed by atoms with van der Waals surface area (Å²) in [6.07, 6.45) is 7.91. The lowest BCUT2D eigenvalue weighted by Crippen LogP contribution is -2.48. The average Bonchev–Trinajstić information content (AvgIpc) is 3.45. The third-order valence-corrected chi connectivity index (χ3v) is 10.7. The van der Waals surface area contributed by atoms with E-state index in [9.17, 15) is 14.9 Å². The van der Waals surface area contributed by atoms with Crippen molar-refractivity contribution < 1.29 is 14.3 Å². The highest BCUT2D eigenvalue weighted by Gasteiger charge is 2.38. The minimum absolute atomic E-state index is 0.0836. The van der Waals surface area contributed by atoms with E-state index in [2.05, 4.69) is 33.0 Å². The first-order valence-corrected chi connectivity index (χ1v) is 15.8. The zero-order valence-corrected chi connectivity index (χ0v) is 25.2. The number of pyridine rings is 2. The Kier molecular flexibility index (Phi) is 8.14. The number of methoxy groups -OCH3 is 1. The first kappa shape index (κ1) is 28.6. The van der Waals surface area contributed by atoms with Gasteiger partial charge in [0, 0.05) is 55.3 Å². The summed E-state index contributed by atoms with van der Waals surface area (Å²) in [7, 11) is 3.51. The number of hydrogen-bond acceptors (Lipinski definition) is 9. The molecule has 6 heterocycles. The largest absolute Gasteiger partial charge is 0.481 e. The van der Waals surface area contributed by atoms with Crippen LogP contribution in [0.15, 0.2) is 18.3 Å². The van der Waals surface area contributed by atoms with Crippen LogP contribution in [0.1, 0.15) is 48.8 Å². The van der Waals surface area contributed by atoms with Gasteiger partial charge in [-0.25, -0.2) is 9.78 Å². The fraction of sp³-hybridized carbons (Fsp3) is 0.567. The molecule has 1 N–H and O–H groups in total. The molecule has 3 fully saturated rings. The van der Waals surface area contributed by atoms with Gasteiger partial charge in [-0.1, -0.05) is 0 Å². The number of aromatic nitrogens is 2. The van der Waals surface area contributed by atoms with Gasteiger partial charge in [0.1, 0.15) is 17.7 Å². The lowest BCUT2D eigenvalue weighted by Gasteiger charge is -2.40. The number of likely N-dealkylation sites (N-methyl/N-ethyl adjacent to an activating group) is 1. The Morgan fingerprint density at radius 1 is 1.17 bits per heavy atom. The molecule has 0 atom stereocenters. The van der Waals surface area contributed by atoms with Gasteiger partial charge in [-0.15, -0.1) is 0 Å². The van der Waals surface area contributed by atoms with E-state index in [1.54, 1.807) is 18.2 Å². The molecular weight excluding hydrogens is 552 g/mol. The molecule has 4 aliphatic rings. The highest BCUT2D eigenvalue weighted by molar-refractivity contribution is 8.00. The SMILES string of the molecule is COc1nc2c(cc1CN1CCN(C)CC1=O)CCCN2C(=O)Nc1cc(N2CCC3(CCCS3)CC2)c(C#N)cn1. The third kappa shape index (κ3) is 5.72. The Balaban J connectivity index is 1.18. The number of nitrogens with zero attached hydrogens (tertiary/aromatic N) is 7. The van der Waals surface area contributed by atoms with Crippen molar-refractivity contribution in [2.24, 2.45) is 0 Å². The smallest absolute Gasteiger partial charge is 0.328 e. The van der Waals surface area contributed by atoms with Gasteiger partial charge >= 0.3 is 6.03 Å². The number of ether oxygens (including phenoxy) is 1. The summed E-state index contributed by atoms with van der Waals surface area (Å²) < 4.78 is 6.02. The lowest BCUT2D eigenvalue weighted by atomic mass is 9.91. The van der Waals surface area contributed by atoms with Crippen molar-refractivity contribution in [2.75, 3.05) is 74.3 Å². The lowest BCUT2D eigenvalue weighted by molar-refractivity contribution is -0.136. The summed E-state index contributed by atoms with van der Waals surface area (Å²) >= 11 is 2.11. The Bertz CT molecular complexity index is 1400. The van der Waals surface area contributed by atoms with E-state index in [0.29, 0.717) is 54.0 Å². The second kappa shape index (κ2) is 12.0. The number of fused-ring (bicyclic) bond motifs is 1. The molecular formula is C30H38N8O3S. The zero-order valence-electron chi connectivity index (χ0n) is 24.4. The standard InChI is InChI=1S/C30H38N8O3S/c1-35-12-13-37(26(39)20-35)19-22-15-21-5-3-9-38(27(21)34-28(22)41-2)29(40)33-25-16-24(23(17-31)18-32-25)36-10-7-30(8-11-36)6-4-14-42-30/h15-16,18H,3-14,19-20H2,1-2H3,(H,32,33,40). The average molecular weight is 591 g/mol. The second-order valence-electron chi connectivity index (χ2n) is 11.7. The van der Waals surface area contributed by atoms with Crippen molar-refractivity contribution in [3.05, 3.63) is 35.0 Å². The summed E-state index contributed by atoms with van der Waals surface area (Å²) in [4.78, 5) is 43.0. The number of urea groups is 1. The van der Waals surface area contributed by atoms with Gasteiger partial charge in [0.2, 0.25) is 11.8 Å². The highest BCUT2D eigenvalue weighted by Crippen LogP contribution is 2.46. The van der Waals surface area contributed by atoms with Crippen molar-refractivity contribution in [1.29, 1.82) is 5.26 Å². The number of thioether (sulfide) groups is 1. The van der Waals surface area contributed by atoms with Gasteiger partial charge in [0.15, 0.2) is 0 Å². The van der Waals surface area contributed by atoms with E-state index in [1.807, 2.05) is 29.0 Å². The molecule has 1 spiro atoms. The van der Waals surface area contributed by atoms with Crippen LogP contribution in [-0.2, 0) is 17.8 Å². The summed E-state index contributed by atoms with van der Waals surface area (Å²) in [6.45, 7) is 4.60. The second-order valence-corrected chi connectivity index (χ2v) is 13.3. The van der Waals surface area contributed by atoms with Gasteiger partial charge in [0.05, 0.1) is 31.5 Å². The van der Waals surface area contributed by atoms with Crippen molar-refractivity contribution in [2.45, 2.75) is 49.8 Å². The molecule has 0 unspecified atom stereocenters. The summed E-state index contributed by atoms with van der Waals surface area (Å²) in [5, 5.41) is 12.7. The summed E-state index contributed by atoms with van der Waals surface area (Å²) in [6, 6.07) is 5.80. The summed E-state index contributed by atoms with van der Waals surface area (Å²) in [5.41, 5.74) is 3.13. The van der Waals surface area contributed by atoms with Crippen molar-refractivity contribution in [1.82, 2.24) is 19.8 Å². The molecule has 0 radical (unpaired) electrons. The minimum Gasteiger partial charge on any atom is -0.481 e. The zero-order chi connectivity index (χ0) is 29.3. The van der Waals surface area contributed by atoms with Crippen LogP contribution in [0.3, 0.4) is 0 Å². The fourth-order valence-corrected chi connectivity index (χ4v) is 8.04. The quantitative estimate of drug-likeness (QED) is 0.558. The van der Waals surface area contributed by atoms with Crippen LogP contribution in [0.2, 0.25) is 0 Å². The predicted octanol–water partition coefficient (Wildman–Crippen LogP) is 3.48. The molecule has 222 valence electrons. The number of carbonyl (C=O) groups is 2. The predicted molar refractivity (Wildman–Crippen MR) is 163 cm³/mol. The van der Waals surface area contributed by atoms with Crippen molar-refractivity contribution in [3.8, 4) is 11.9 Å². The molecule has 0 saturated carbocycles. The maximum absolute atomic E-state index is 13.6. The van der Waals surface area contributed by atoms with Crippen molar-refractivity contribution in [3.63, 3.8) is 0 Å². The van der Waals surface area contributed by atoms with E-state index in [4.69, 9.17) is 9.72 Å². The number of nitrogens with one attached hydrogen (secondary N) is 1. The maximum Gasteiger partial charge on any atom is 0.328 e. The third-order valence-electron chi connectivity index (χ3n) is 8.95. The van der Waals surface area contributed by atoms with Crippen LogP contribution >= 0.6 is 11.8 Å². The molecule has 3 saturated heterocycles. The molecule has 2 aromatic rings. The van der Waals surface area contributed by atoms with Crippen LogP contribution in [0, 0.1) is 11.3 Å². The fourth-order valence-electron chi connectivity index (χ4n) is 6.56. The van der Waals surface area contributed by atoms with E-state index in [0.717, 1.165) is 62.1 Å². The van der Waals surface area contributed by atoms with E-state index < -0.39 is 0 Å². The molecule has 0 bridgehead atoms. The van der Waals surface area contributed by atoms with Crippen LogP contribution in [0.5, 0.6) is 5.88 Å². The Hall–Kier alpha value is -3.56. The number of piperidine rings is 1. The van der Waals surface area contributed by atoms with Crippen molar-refractivity contribution >= 4 is 41.0 Å². The minimum atomic E-state index is -0.324. The highest BCUT2D eigenvalue weighted by atomic mass is 32.2. The van der Waals surface area contributed by atoms with Gasteiger partial charge in [-0.2, -0.15) is 22.0 Å². The van der Waals surface area contributed by atoms with Gasteiger partial charge in [-0.05, 0) is 63.0 Å². The molecule has 0 aromatic carbocycles. The molecule has 0 aliphatic carbocycles. The first-order chi connectivity index (χ1) is 20.4. The number of hydrogen-bond donors (Lipinski definition) is 1. The number of aryl methyl sites for hydroxylation is 1. The molecule has 3 amide bonds. The maximum atomic E-state index is 13.6. The number of amides is 3. The van der Waals surface area contributed by atoms with E-state index in [1.165, 1.54) is 18.6 Å². The monoisotopic (exact) mass is 590 g/mol. The van der Waals surface area contributed by atoms with E-state index in [-0.39, 0.29) is 11.9 Å². The molecule has 6 rings (SSSR count). The molecule has 42 heavy (non-hydrogen) atoms. The number of carbonyl (C=O) groups excluding carboxylic acids is 2. The Morgan fingerprint density at radius 2 is 2.00 bits per heavy atom. The van der Waals surface area contributed by atoms with Crippen LogP contribution in [0.25, 0.3) is 0 Å². The Morgan fingerprint density at radius 3 is 2.71 bits per heavy atom. The van der Waals surface area contributed by atoms with Crippen LogP contribution < -0.4 is 19.9 Å². The molecule has 12 heteroatoms. The van der Waals surface area contributed by atoms with Gasteiger partial charge in [0.25, 0.3) is 0 Å². The van der Waals surface area contributed by atoms with Gasteiger partial charge in [-0.3, -0.25) is 19.9 Å². The van der Waals surface area contributed by atoms with Gasteiger partial charge < -0.3 is 14.5 Å². The summed E-state index contributed by atoms with van der Waals surface area (Å²) in [5.74, 6) is 2.72. The normalized spacial score (nSPS) is 20.4. The number of anilines is 3. The van der Waals surface area contributed by atoms with Crippen LogP contribution in [0.4, 0.5) is 22.1 Å². The number of rotatable bonds is 5. The van der Waals surface area contributed by atoms with Crippen LogP contribution in [-0.4, -0.2) is 95.6 Å². The topological polar surface area (TPSA) is 118 Å². The Labute approximate surface area is 251 Å². The molecule has 2 aromatic heterocycles. The molecule has 11 nitrogen and oxygen atoms in total.